The Labute approximate surface area is 115 Å². The van der Waals surface area contributed by atoms with Crippen LogP contribution in [0.5, 0.6) is 0 Å². The van der Waals surface area contributed by atoms with E-state index in [1.807, 2.05) is 0 Å². The van der Waals surface area contributed by atoms with Gasteiger partial charge in [0, 0.05) is 4.88 Å². The van der Waals surface area contributed by atoms with E-state index in [0.717, 1.165) is 17.7 Å². The van der Waals surface area contributed by atoms with Crippen LogP contribution in [-0.2, 0) is 23.2 Å². The zero-order valence-electron chi connectivity index (χ0n) is 8.83. The number of nitrogens with one attached hydrogen (secondary N) is 1. The lowest BCUT2D eigenvalue weighted by Gasteiger charge is -2.02. The molecule has 0 bridgehead atoms. The number of halogens is 1. The highest BCUT2D eigenvalue weighted by molar-refractivity contribution is 9.11. The van der Waals surface area contributed by atoms with Gasteiger partial charge in [-0.15, -0.1) is 11.3 Å². The van der Waals surface area contributed by atoms with Crippen LogP contribution in [-0.4, -0.2) is 23.7 Å². The van der Waals surface area contributed by atoms with Gasteiger partial charge in [-0.1, -0.05) is 5.16 Å². The Kier molecular flexibility index (Phi) is 4.12. The first-order chi connectivity index (χ1) is 8.53. The van der Waals surface area contributed by atoms with Crippen molar-refractivity contribution in [3.63, 3.8) is 0 Å². The van der Waals surface area contributed by atoms with Gasteiger partial charge in [-0.25, -0.2) is 13.1 Å². The fourth-order valence-corrected chi connectivity index (χ4v) is 4.69. The Hall–Kier alpha value is -0.810. The van der Waals surface area contributed by atoms with Gasteiger partial charge in [0.25, 0.3) is 0 Å². The average Bonchev–Trinajstić information content (AvgIpc) is 2.95. The highest BCUT2D eigenvalue weighted by Crippen LogP contribution is 2.31. The molecule has 10 heteroatoms. The fraction of sp³-hybridized carbons (Fsp3) is 0.250. The number of aliphatic hydroxyl groups excluding tert-OH is 1. The molecule has 0 aliphatic carbocycles. The third kappa shape index (κ3) is 2.95. The second kappa shape index (κ2) is 5.45. The molecule has 0 saturated heterocycles. The summed E-state index contributed by atoms with van der Waals surface area (Å²) >= 11 is 4.31. The number of hydrogen-bond acceptors (Lipinski definition) is 7. The zero-order chi connectivity index (χ0) is 13.2. The summed E-state index contributed by atoms with van der Waals surface area (Å²) in [6, 6.07) is 1.41. The molecule has 0 fully saturated rings. The summed E-state index contributed by atoms with van der Waals surface area (Å²) in [7, 11) is -3.68. The van der Waals surface area contributed by atoms with Gasteiger partial charge in [0.1, 0.15) is 4.90 Å². The summed E-state index contributed by atoms with van der Waals surface area (Å²) in [5.41, 5.74) is 0. The van der Waals surface area contributed by atoms with Gasteiger partial charge in [0.15, 0.2) is 5.82 Å². The second-order valence-electron chi connectivity index (χ2n) is 3.18. The van der Waals surface area contributed by atoms with Crippen LogP contribution in [0.2, 0.25) is 0 Å². The molecule has 2 N–H and O–H groups in total. The fourth-order valence-electron chi connectivity index (χ4n) is 1.17. The number of hydrogen-bond donors (Lipinski definition) is 2. The SMILES string of the molecule is O=S(=O)(NCc1ncon1)c1cc(CO)sc1Br. The van der Waals surface area contributed by atoms with Gasteiger partial charge in [-0.05, 0) is 22.0 Å². The lowest BCUT2D eigenvalue weighted by molar-refractivity contribution is 0.285. The number of aliphatic hydroxyl groups is 1. The quantitative estimate of drug-likeness (QED) is 0.825. The largest absolute Gasteiger partial charge is 0.391 e. The summed E-state index contributed by atoms with van der Waals surface area (Å²) in [5, 5.41) is 12.5. The number of thiophene rings is 1. The van der Waals surface area contributed by atoms with Crippen LogP contribution in [0.3, 0.4) is 0 Å². The van der Waals surface area contributed by atoms with E-state index in [-0.39, 0.29) is 23.9 Å². The molecule has 0 spiro atoms. The van der Waals surface area contributed by atoms with E-state index in [2.05, 4.69) is 35.3 Å². The monoisotopic (exact) mass is 353 g/mol. The van der Waals surface area contributed by atoms with Crippen LogP contribution in [0.25, 0.3) is 0 Å². The van der Waals surface area contributed by atoms with Crippen molar-refractivity contribution in [1.82, 2.24) is 14.9 Å². The van der Waals surface area contributed by atoms with Crippen LogP contribution in [0.4, 0.5) is 0 Å². The Bertz CT molecular complexity index is 623. The average molecular weight is 354 g/mol. The number of nitrogens with zero attached hydrogens (tertiary/aromatic N) is 2. The van der Waals surface area contributed by atoms with E-state index in [0.29, 0.717) is 8.66 Å². The topological polar surface area (TPSA) is 105 Å². The van der Waals surface area contributed by atoms with Gasteiger partial charge >= 0.3 is 0 Å². The van der Waals surface area contributed by atoms with Gasteiger partial charge in [0.2, 0.25) is 16.4 Å². The van der Waals surface area contributed by atoms with Gasteiger partial charge in [-0.3, -0.25) is 0 Å². The molecule has 0 saturated carbocycles. The molecular weight excluding hydrogens is 346 g/mol. The molecule has 2 rings (SSSR count). The first kappa shape index (κ1) is 13.6. The molecule has 2 aromatic rings. The lowest BCUT2D eigenvalue weighted by atomic mass is 10.5. The molecule has 2 heterocycles. The first-order valence-corrected chi connectivity index (χ1v) is 7.76. The normalized spacial score (nSPS) is 11.9. The maximum absolute atomic E-state index is 12.0. The molecule has 98 valence electrons. The van der Waals surface area contributed by atoms with Crippen LogP contribution >= 0.6 is 27.3 Å². The Balaban J connectivity index is 2.17. The van der Waals surface area contributed by atoms with E-state index in [4.69, 9.17) is 5.11 Å². The molecule has 0 aliphatic heterocycles. The smallest absolute Gasteiger partial charge is 0.242 e. The standard InChI is InChI=1S/C8H8BrN3O4S2/c9-8-6(1-5(3-13)17-8)18(14,15)11-2-7-10-4-16-12-7/h1,4,11,13H,2-3H2. The van der Waals surface area contributed by atoms with E-state index >= 15 is 0 Å². The third-order valence-electron chi connectivity index (χ3n) is 1.98. The Morgan fingerprint density at radius 1 is 1.56 bits per heavy atom. The molecule has 0 aromatic carbocycles. The lowest BCUT2D eigenvalue weighted by Crippen LogP contribution is -2.23. The third-order valence-corrected chi connectivity index (χ3v) is 5.62. The highest BCUT2D eigenvalue weighted by atomic mass is 79.9. The minimum atomic E-state index is -3.68. The summed E-state index contributed by atoms with van der Waals surface area (Å²) in [6.07, 6.45) is 1.12. The predicted octanol–water partition coefficient (Wildman–Crippen LogP) is 0.864. The maximum atomic E-state index is 12.0. The van der Waals surface area contributed by atoms with Crippen LogP contribution < -0.4 is 4.72 Å². The molecule has 0 aliphatic rings. The van der Waals surface area contributed by atoms with Crippen molar-refractivity contribution in [3.05, 3.63) is 26.9 Å². The second-order valence-corrected chi connectivity index (χ2v) is 7.37. The number of sulfonamides is 1. The Morgan fingerprint density at radius 2 is 2.33 bits per heavy atom. The van der Waals surface area contributed by atoms with Crippen molar-refractivity contribution in [3.8, 4) is 0 Å². The molecule has 7 nitrogen and oxygen atoms in total. The first-order valence-electron chi connectivity index (χ1n) is 4.67. The summed E-state index contributed by atoms with van der Waals surface area (Å²) in [5.74, 6) is 0.243. The van der Waals surface area contributed by atoms with Crippen molar-refractivity contribution in [2.24, 2.45) is 0 Å². The van der Waals surface area contributed by atoms with E-state index < -0.39 is 10.0 Å². The zero-order valence-corrected chi connectivity index (χ0v) is 12.0. The molecule has 0 radical (unpaired) electrons. The van der Waals surface area contributed by atoms with Crippen LogP contribution in [0.1, 0.15) is 10.7 Å². The molecular formula is C8H8BrN3O4S2. The number of aromatic nitrogens is 2. The van der Waals surface area contributed by atoms with Crippen LogP contribution in [0, 0.1) is 0 Å². The van der Waals surface area contributed by atoms with E-state index in [9.17, 15) is 8.42 Å². The van der Waals surface area contributed by atoms with Gasteiger partial charge < -0.3 is 9.63 Å². The van der Waals surface area contributed by atoms with Gasteiger partial charge in [0.05, 0.1) is 16.9 Å². The minimum Gasteiger partial charge on any atom is -0.391 e. The van der Waals surface area contributed by atoms with Crippen molar-refractivity contribution < 1.29 is 18.0 Å². The summed E-state index contributed by atoms with van der Waals surface area (Å²) in [6.45, 7) is -0.265. The van der Waals surface area contributed by atoms with Gasteiger partial charge in [-0.2, -0.15) is 4.98 Å². The van der Waals surface area contributed by atoms with Crippen molar-refractivity contribution >= 4 is 37.3 Å². The maximum Gasteiger partial charge on any atom is 0.242 e. The van der Waals surface area contributed by atoms with Crippen molar-refractivity contribution in [2.75, 3.05) is 0 Å². The molecule has 0 amide bonds. The van der Waals surface area contributed by atoms with E-state index in [1.54, 1.807) is 0 Å². The van der Waals surface area contributed by atoms with Crippen molar-refractivity contribution in [2.45, 2.75) is 18.0 Å². The van der Waals surface area contributed by atoms with Crippen LogP contribution in [0.15, 0.2) is 25.7 Å². The summed E-state index contributed by atoms with van der Waals surface area (Å²) in [4.78, 5) is 4.34. The minimum absolute atomic E-state index is 0.0599. The summed E-state index contributed by atoms with van der Waals surface area (Å²) < 4.78 is 31.2. The molecule has 2 aromatic heterocycles. The highest BCUT2D eigenvalue weighted by Gasteiger charge is 2.21. The van der Waals surface area contributed by atoms with E-state index in [1.165, 1.54) is 6.07 Å². The Morgan fingerprint density at radius 3 is 2.89 bits per heavy atom. The predicted molar refractivity (Wildman–Crippen MR) is 66.3 cm³/mol. The molecule has 18 heavy (non-hydrogen) atoms. The van der Waals surface area contributed by atoms with Crippen molar-refractivity contribution in [1.29, 1.82) is 0 Å². The number of rotatable bonds is 5. The molecule has 0 atom stereocenters. The molecule has 0 unspecified atom stereocenters.